The fraction of sp³-hybridized carbons (Fsp3) is 0.900. The van der Waals surface area contributed by atoms with E-state index in [0.29, 0.717) is 25.7 Å². The molecular weight excluding hydrogens is 456 g/mol. The third kappa shape index (κ3) is 10.0. The Kier molecular flexibility index (Phi) is 13.9. The Hall–Kier alpha value is -1.59. The van der Waals surface area contributed by atoms with Crippen LogP contribution in [0.1, 0.15) is 154 Å². The summed E-state index contributed by atoms with van der Waals surface area (Å²) >= 11 is 0. The lowest BCUT2D eigenvalue weighted by atomic mass is 9.53. The molecule has 2 aliphatic rings. The first kappa shape index (κ1) is 30.6. The molecule has 2 aliphatic carbocycles. The van der Waals surface area contributed by atoms with E-state index in [4.69, 9.17) is 0 Å². The predicted molar refractivity (Wildman–Crippen MR) is 142 cm³/mol. The number of carbonyl (C=O) groups is 3. The van der Waals surface area contributed by atoms with Crippen LogP contribution in [0.3, 0.4) is 0 Å². The van der Waals surface area contributed by atoms with Gasteiger partial charge in [-0.3, -0.25) is 14.4 Å². The van der Waals surface area contributed by atoms with Gasteiger partial charge in [-0.1, -0.05) is 116 Å². The van der Waals surface area contributed by atoms with Gasteiger partial charge >= 0.3 is 17.9 Å². The molecule has 0 heterocycles. The van der Waals surface area contributed by atoms with Crippen LogP contribution in [0, 0.1) is 16.7 Å². The van der Waals surface area contributed by atoms with Crippen molar-refractivity contribution in [2.24, 2.45) is 16.7 Å². The fourth-order valence-electron chi connectivity index (χ4n) is 7.54. The number of hydrogen-bond acceptors (Lipinski definition) is 3. The number of carboxylic acids is 3. The third-order valence-electron chi connectivity index (χ3n) is 9.18. The first-order valence-electron chi connectivity index (χ1n) is 15.0. The number of carboxylic acid groups (broad SMARTS) is 3. The smallest absolute Gasteiger partial charge is 0.307 e. The van der Waals surface area contributed by atoms with Gasteiger partial charge in [-0.25, -0.2) is 0 Å². The van der Waals surface area contributed by atoms with Crippen molar-refractivity contribution in [2.75, 3.05) is 0 Å². The van der Waals surface area contributed by atoms with E-state index in [9.17, 15) is 29.7 Å². The van der Waals surface area contributed by atoms with Gasteiger partial charge in [0.05, 0.1) is 18.8 Å². The number of hydrogen-bond donors (Lipinski definition) is 3. The van der Waals surface area contributed by atoms with Crippen molar-refractivity contribution in [3.05, 3.63) is 0 Å². The van der Waals surface area contributed by atoms with Gasteiger partial charge in [-0.05, 0) is 36.5 Å². The van der Waals surface area contributed by atoms with Crippen LogP contribution in [0.25, 0.3) is 0 Å². The summed E-state index contributed by atoms with van der Waals surface area (Å²) in [6.07, 6.45) is 20.7. The van der Waals surface area contributed by atoms with Crippen LogP contribution in [0.2, 0.25) is 0 Å². The summed E-state index contributed by atoms with van der Waals surface area (Å²) in [5.74, 6) is -3.82. The van der Waals surface area contributed by atoms with E-state index in [1.807, 2.05) is 0 Å². The normalized spacial score (nSPS) is 23.2. The molecule has 0 saturated heterocycles. The molecule has 0 bridgehead atoms. The number of rotatable bonds is 7. The topological polar surface area (TPSA) is 112 Å². The van der Waals surface area contributed by atoms with Crippen LogP contribution in [0.5, 0.6) is 0 Å². The molecule has 2 fully saturated rings. The maximum atomic E-state index is 13.2. The minimum Gasteiger partial charge on any atom is -0.481 e. The lowest BCUT2D eigenvalue weighted by molar-refractivity contribution is -0.164. The second-order valence-electron chi connectivity index (χ2n) is 12.0. The maximum absolute atomic E-state index is 13.2. The number of aliphatic carboxylic acids is 3. The van der Waals surface area contributed by atoms with E-state index in [2.05, 4.69) is 0 Å². The van der Waals surface area contributed by atoms with E-state index in [0.717, 1.165) is 77.0 Å². The molecule has 0 spiro atoms. The minimum absolute atomic E-state index is 0.175. The predicted octanol–water partition coefficient (Wildman–Crippen LogP) is 8.22. The first-order valence-corrected chi connectivity index (χ1v) is 15.0. The molecule has 6 heteroatoms. The van der Waals surface area contributed by atoms with E-state index < -0.39 is 34.7 Å². The SMILES string of the molecule is O=C(O)CC1(C(C(=O)O)C2(CC(=O)O)CCCCCCCCCCC2)CCCCCCCCCCC1. The van der Waals surface area contributed by atoms with Gasteiger partial charge in [-0.2, -0.15) is 0 Å². The Morgan fingerprint density at radius 1 is 0.444 bits per heavy atom. The van der Waals surface area contributed by atoms with Crippen molar-refractivity contribution < 1.29 is 29.7 Å². The molecule has 3 N–H and O–H groups in total. The monoisotopic (exact) mass is 508 g/mol. The zero-order valence-electron chi connectivity index (χ0n) is 22.6. The molecular formula is C30H52O6. The van der Waals surface area contributed by atoms with Crippen LogP contribution >= 0.6 is 0 Å². The standard InChI is InChI=1S/C30H52O6/c31-25(32)23-29(19-15-11-7-3-1-4-8-12-16-20-29)27(28(35)36)30(24-26(33)34)21-17-13-9-5-2-6-10-14-18-22-30/h27H,1-24H2,(H,31,32)(H,33,34)(H,35,36). The first-order chi connectivity index (χ1) is 17.3. The Morgan fingerprint density at radius 3 is 0.861 bits per heavy atom. The highest BCUT2D eigenvalue weighted by atomic mass is 16.4. The highest BCUT2D eigenvalue weighted by molar-refractivity contribution is 5.77. The van der Waals surface area contributed by atoms with Gasteiger partial charge < -0.3 is 15.3 Å². The van der Waals surface area contributed by atoms with Gasteiger partial charge in [0.2, 0.25) is 0 Å². The van der Waals surface area contributed by atoms with Crippen molar-refractivity contribution in [2.45, 2.75) is 154 Å². The van der Waals surface area contributed by atoms with E-state index in [-0.39, 0.29) is 12.8 Å². The van der Waals surface area contributed by atoms with Crippen molar-refractivity contribution in [1.82, 2.24) is 0 Å². The summed E-state index contributed by atoms with van der Waals surface area (Å²) < 4.78 is 0. The van der Waals surface area contributed by atoms with Crippen molar-refractivity contribution in [1.29, 1.82) is 0 Å². The molecule has 0 unspecified atom stereocenters. The average molecular weight is 509 g/mol. The zero-order chi connectivity index (χ0) is 26.3. The van der Waals surface area contributed by atoms with Crippen LogP contribution in [0.15, 0.2) is 0 Å². The molecule has 36 heavy (non-hydrogen) atoms. The second kappa shape index (κ2) is 16.3. The van der Waals surface area contributed by atoms with E-state index in [1.165, 1.54) is 38.5 Å². The molecule has 0 aromatic rings. The van der Waals surface area contributed by atoms with Gasteiger partial charge in [0.25, 0.3) is 0 Å². The van der Waals surface area contributed by atoms with Crippen molar-refractivity contribution in [3.8, 4) is 0 Å². The molecule has 0 amide bonds. The Labute approximate surface area is 218 Å². The van der Waals surface area contributed by atoms with Gasteiger partial charge in [0, 0.05) is 0 Å². The average Bonchev–Trinajstić information content (AvgIpc) is 2.77. The molecule has 208 valence electrons. The van der Waals surface area contributed by atoms with Crippen LogP contribution in [-0.4, -0.2) is 33.2 Å². The highest BCUT2D eigenvalue weighted by Gasteiger charge is 2.55. The van der Waals surface area contributed by atoms with Gasteiger partial charge in [-0.15, -0.1) is 0 Å². The summed E-state index contributed by atoms with van der Waals surface area (Å²) in [6, 6.07) is 0. The summed E-state index contributed by atoms with van der Waals surface area (Å²) in [6.45, 7) is 0. The summed E-state index contributed by atoms with van der Waals surface area (Å²) in [7, 11) is 0. The third-order valence-corrected chi connectivity index (χ3v) is 9.18. The fourth-order valence-corrected chi connectivity index (χ4v) is 7.54. The summed E-state index contributed by atoms with van der Waals surface area (Å²) in [4.78, 5) is 37.8. The highest BCUT2D eigenvalue weighted by Crippen LogP contribution is 2.56. The summed E-state index contributed by atoms with van der Waals surface area (Å²) in [5, 5.41) is 30.9. The van der Waals surface area contributed by atoms with Crippen LogP contribution in [-0.2, 0) is 14.4 Å². The largest absolute Gasteiger partial charge is 0.481 e. The molecule has 0 aromatic heterocycles. The molecule has 2 saturated carbocycles. The van der Waals surface area contributed by atoms with Crippen LogP contribution < -0.4 is 0 Å². The molecule has 0 aliphatic heterocycles. The zero-order valence-corrected chi connectivity index (χ0v) is 22.6. The van der Waals surface area contributed by atoms with Crippen LogP contribution in [0.4, 0.5) is 0 Å². The molecule has 0 aromatic carbocycles. The van der Waals surface area contributed by atoms with Crippen molar-refractivity contribution in [3.63, 3.8) is 0 Å². The lowest BCUT2D eigenvalue weighted by Gasteiger charge is -2.49. The minimum atomic E-state index is -0.975. The molecule has 0 atom stereocenters. The van der Waals surface area contributed by atoms with E-state index in [1.54, 1.807) is 0 Å². The maximum Gasteiger partial charge on any atom is 0.307 e. The summed E-state index contributed by atoms with van der Waals surface area (Å²) in [5.41, 5.74) is -1.80. The van der Waals surface area contributed by atoms with Crippen molar-refractivity contribution >= 4 is 17.9 Å². The quantitative estimate of drug-likeness (QED) is 0.319. The molecule has 6 nitrogen and oxygen atoms in total. The Morgan fingerprint density at radius 2 is 0.667 bits per heavy atom. The van der Waals surface area contributed by atoms with Gasteiger partial charge in [0.1, 0.15) is 0 Å². The molecule has 0 radical (unpaired) electrons. The van der Waals surface area contributed by atoms with E-state index >= 15 is 0 Å². The Balaban J connectivity index is 2.53. The Bertz CT molecular complexity index is 598. The molecule has 2 rings (SSSR count). The lowest BCUT2D eigenvalue weighted by Crippen LogP contribution is -2.50. The van der Waals surface area contributed by atoms with Gasteiger partial charge in [0.15, 0.2) is 0 Å². The second-order valence-corrected chi connectivity index (χ2v) is 12.0.